The molecule has 3 N–H and O–H groups in total. The summed E-state index contributed by atoms with van der Waals surface area (Å²) in [6.07, 6.45) is -1.88. The molecule has 5 rings (SSSR count). The van der Waals surface area contributed by atoms with Crippen molar-refractivity contribution in [2.24, 2.45) is 7.05 Å². The molecule has 4 aromatic rings. The standard InChI is InChI=1S/C14H15N5O.C9H7F3O/c1-7-4-11-9(5-8(7)14(20)16-2)12-10(13(15)18-11)6-17-19(12)3;10-9(11,12)7-2-1-6-3-4-13-8(6)5-7/h4-6H,1-3H3,(H2,15,18)(H,16,20);1-2,5H,3-4H2. The van der Waals surface area contributed by atoms with E-state index in [4.69, 9.17) is 10.5 Å². The number of carbonyl (C=O) groups excluding carboxylic acids is 1. The summed E-state index contributed by atoms with van der Waals surface area (Å²) in [7, 11) is 3.47. The van der Waals surface area contributed by atoms with Gasteiger partial charge in [-0.25, -0.2) is 4.98 Å². The lowest BCUT2D eigenvalue weighted by Gasteiger charge is -2.09. The van der Waals surface area contributed by atoms with Crippen LogP contribution < -0.4 is 15.8 Å². The highest BCUT2D eigenvalue weighted by atomic mass is 19.4. The Morgan fingerprint density at radius 1 is 1.21 bits per heavy atom. The van der Waals surface area contributed by atoms with Crippen LogP contribution in [0.4, 0.5) is 19.0 Å². The van der Waals surface area contributed by atoms with Gasteiger partial charge in [-0.1, -0.05) is 6.07 Å². The summed E-state index contributed by atoms with van der Waals surface area (Å²) in [6, 6.07) is 7.35. The number of nitrogens with zero attached hydrogens (tertiary/aromatic N) is 3. The summed E-state index contributed by atoms with van der Waals surface area (Å²) >= 11 is 0. The first kappa shape index (κ1) is 22.4. The molecule has 1 aliphatic heterocycles. The number of alkyl halides is 3. The van der Waals surface area contributed by atoms with Crippen LogP contribution in [-0.4, -0.2) is 34.3 Å². The first-order chi connectivity index (χ1) is 15.6. The van der Waals surface area contributed by atoms with E-state index in [1.165, 1.54) is 6.07 Å². The smallest absolute Gasteiger partial charge is 0.416 e. The van der Waals surface area contributed by atoms with Gasteiger partial charge in [0.1, 0.15) is 11.6 Å². The predicted octanol–water partition coefficient (Wildman–Crippen LogP) is 4.01. The van der Waals surface area contributed by atoms with Crippen molar-refractivity contribution in [2.45, 2.75) is 19.5 Å². The number of nitrogen functional groups attached to an aromatic ring is 1. The zero-order chi connectivity index (χ0) is 23.9. The van der Waals surface area contributed by atoms with E-state index in [0.29, 0.717) is 30.2 Å². The Bertz CT molecular complexity index is 1380. The van der Waals surface area contributed by atoms with Gasteiger partial charge >= 0.3 is 6.18 Å². The molecular weight excluding hydrogens is 435 g/mol. The number of nitrogens with two attached hydrogens (primary N) is 1. The first-order valence-electron chi connectivity index (χ1n) is 10.2. The molecule has 0 spiro atoms. The minimum atomic E-state index is -4.28. The number of rotatable bonds is 1. The summed E-state index contributed by atoms with van der Waals surface area (Å²) in [5.41, 5.74) is 9.33. The van der Waals surface area contributed by atoms with Crippen LogP contribution >= 0.6 is 0 Å². The summed E-state index contributed by atoms with van der Waals surface area (Å²) in [5.74, 6) is 0.707. The lowest BCUT2D eigenvalue weighted by Crippen LogP contribution is -2.19. The van der Waals surface area contributed by atoms with Crippen molar-refractivity contribution in [3.63, 3.8) is 0 Å². The number of pyridine rings is 1. The number of benzene rings is 2. The maximum Gasteiger partial charge on any atom is 0.416 e. The third-order valence-corrected chi connectivity index (χ3v) is 5.55. The van der Waals surface area contributed by atoms with Gasteiger partial charge in [-0.3, -0.25) is 9.48 Å². The number of ether oxygens (including phenoxy) is 1. The molecule has 0 fully saturated rings. The van der Waals surface area contributed by atoms with Crippen LogP contribution in [0.2, 0.25) is 0 Å². The van der Waals surface area contributed by atoms with Gasteiger partial charge in [0.15, 0.2) is 0 Å². The molecule has 33 heavy (non-hydrogen) atoms. The summed E-state index contributed by atoms with van der Waals surface area (Å²) in [6.45, 7) is 2.37. The Hall–Kier alpha value is -3.82. The number of aryl methyl sites for hydroxylation is 2. The van der Waals surface area contributed by atoms with Crippen LogP contribution in [0.25, 0.3) is 21.8 Å². The van der Waals surface area contributed by atoms with Crippen LogP contribution in [0.15, 0.2) is 36.5 Å². The highest BCUT2D eigenvalue weighted by molar-refractivity contribution is 6.10. The molecule has 0 saturated carbocycles. The Morgan fingerprint density at radius 3 is 2.67 bits per heavy atom. The summed E-state index contributed by atoms with van der Waals surface area (Å²) < 4.78 is 43.4. The van der Waals surface area contributed by atoms with Crippen molar-refractivity contribution in [1.29, 1.82) is 0 Å². The number of nitrogens with one attached hydrogen (secondary N) is 1. The van der Waals surface area contributed by atoms with Gasteiger partial charge in [0.2, 0.25) is 0 Å². The topological polar surface area (TPSA) is 95.1 Å². The molecule has 10 heteroatoms. The van der Waals surface area contributed by atoms with Crippen LogP contribution in [0.5, 0.6) is 5.75 Å². The third kappa shape index (κ3) is 4.15. The fourth-order valence-corrected chi connectivity index (χ4v) is 3.83. The van der Waals surface area contributed by atoms with Crippen molar-refractivity contribution in [2.75, 3.05) is 19.4 Å². The van der Waals surface area contributed by atoms with Gasteiger partial charge < -0.3 is 15.8 Å². The molecule has 2 aromatic carbocycles. The van der Waals surface area contributed by atoms with Crippen LogP contribution in [0, 0.1) is 6.92 Å². The molecular formula is C23H22F3N5O2. The molecule has 0 atom stereocenters. The maximum atomic E-state index is 12.2. The van der Waals surface area contributed by atoms with E-state index in [1.54, 1.807) is 17.9 Å². The lowest BCUT2D eigenvalue weighted by atomic mass is 10.0. The lowest BCUT2D eigenvalue weighted by molar-refractivity contribution is -0.137. The average Bonchev–Trinajstić information content (AvgIpc) is 3.39. The van der Waals surface area contributed by atoms with Crippen LogP contribution in [0.3, 0.4) is 0 Å². The largest absolute Gasteiger partial charge is 0.493 e. The number of hydrogen-bond acceptors (Lipinski definition) is 5. The van der Waals surface area contributed by atoms with Gasteiger partial charge in [-0.05, 0) is 42.3 Å². The Kier molecular flexibility index (Phi) is 5.61. The van der Waals surface area contributed by atoms with E-state index in [9.17, 15) is 18.0 Å². The van der Waals surface area contributed by atoms with E-state index in [-0.39, 0.29) is 5.91 Å². The maximum absolute atomic E-state index is 12.2. The third-order valence-electron chi connectivity index (χ3n) is 5.55. The van der Waals surface area contributed by atoms with E-state index in [2.05, 4.69) is 15.4 Å². The summed E-state index contributed by atoms with van der Waals surface area (Å²) in [4.78, 5) is 16.3. The first-order valence-corrected chi connectivity index (χ1v) is 10.2. The van der Waals surface area contributed by atoms with E-state index < -0.39 is 11.7 Å². The number of carbonyl (C=O) groups is 1. The predicted molar refractivity (Wildman–Crippen MR) is 119 cm³/mol. The molecule has 0 bridgehead atoms. The molecule has 1 amide bonds. The number of aromatic nitrogens is 3. The Balaban J connectivity index is 0.000000172. The molecule has 0 radical (unpaired) electrons. The SMILES string of the molecule is CNC(=O)c1cc2c(cc1C)nc(N)c1cnn(C)c12.FC(F)(F)c1ccc2c(c1)OCC2. The second-order valence-electron chi connectivity index (χ2n) is 7.71. The molecule has 7 nitrogen and oxygen atoms in total. The highest BCUT2D eigenvalue weighted by Gasteiger charge is 2.31. The monoisotopic (exact) mass is 457 g/mol. The van der Waals surface area contributed by atoms with Crippen molar-refractivity contribution >= 4 is 33.5 Å². The van der Waals surface area contributed by atoms with Gasteiger partial charge in [-0.15, -0.1) is 0 Å². The summed E-state index contributed by atoms with van der Waals surface area (Å²) in [5, 5.41) is 8.54. The molecule has 1 aliphatic rings. The number of anilines is 1. The van der Waals surface area contributed by atoms with Gasteiger partial charge in [-0.2, -0.15) is 18.3 Å². The normalized spacial score (nSPS) is 12.8. The zero-order valence-electron chi connectivity index (χ0n) is 18.2. The minimum Gasteiger partial charge on any atom is -0.493 e. The molecule has 0 saturated heterocycles. The fraction of sp³-hybridized carbons (Fsp3) is 0.261. The van der Waals surface area contributed by atoms with E-state index in [0.717, 1.165) is 45.1 Å². The quantitative estimate of drug-likeness (QED) is 0.450. The van der Waals surface area contributed by atoms with Gasteiger partial charge in [0, 0.05) is 31.5 Å². The Morgan fingerprint density at radius 2 is 1.97 bits per heavy atom. The molecule has 2 aromatic heterocycles. The molecule has 3 heterocycles. The second-order valence-corrected chi connectivity index (χ2v) is 7.71. The van der Waals surface area contributed by atoms with Gasteiger partial charge in [0.05, 0.1) is 34.8 Å². The van der Waals surface area contributed by atoms with Crippen LogP contribution in [-0.2, 0) is 19.6 Å². The van der Waals surface area contributed by atoms with E-state index >= 15 is 0 Å². The Labute approximate surface area is 187 Å². The van der Waals surface area contributed by atoms with Crippen molar-refractivity contribution < 1.29 is 22.7 Å². The van der Waals surface area contributed by atoms with Crippen molar-refractivity contribution in [3.05, 3.63) is 58.8 Å². The number of fused-ring (bicyclic) bond motifs is 4. The molecule has 0 aliphatic carbocycles. The van der Waals surface area contributed by atoms with Gasteiger partial charge in [0.25, 0.3) is 5.91 Å². The number of hydrogen-bond donors (Lipinski definition) is 2. The van der Waals surface area contributed by atoms with E-state index in [1.807, 2.05) is 26.1 Å². The number of halogens is 3. The minimum absolute atomic E-state index is 0.114. The van der Waals surface area contributed by atoms with Crippen LogP contribution in [0.1, 0.15) is 27.0 Å². The highest BCUT2D eigenvalue weighted by Crippen LogP contribution is 2.35. The average molecular weight is 457 g/mol. The van der Waals surface area contributed by atoms with Crippen molar-refractivity contribution in [3.8, 4) is 5.75 Å². The fourth-order valence-electron chi connectivity index (χ4n) is 3.83. The second kappa shape index (κ2) is 8.27. The van der Waals surface area contributed by atoms with Crippen molar-refractivity contribution in [1.82, 2.24) is 20.1 Å². The zero-order valence-corrected chi connectivity index (χ0v) is 18.2. The molecule has 0 unspecified atom stereocenters. The number of amides is 1. The molecule has 172 valence electrons.